The Bertz CT molecular complexity index is 413. The van der Waals surface area contributed by atoms with Gasteiger partial charge in [0.1, 0.15) is 5.60 Å². The summed E-state index contributed by atoms with van der Waals surface area (Å²) >= 11 is 0. The molecule has 0 aliphatic carbocycles. The summed E-state index contributed by atoms with van der Waals surface area (Å²) in [6.07, 6.45) is -0.258. The highest BCUT2D eigenvalue weighted by Crippen LogP contribution is 2.38. The second-order valence-electron chi connectivity index (χ2n) is 9.03. The van der Waals surface area contributed by atoms with Crippen LogP contribution in [0.2, 0.25) is 18.1 Å². The van der Waals surface area contributed by atoms with Crippen molar-refractivity contribution in [2.75, 3.05) is 19.6 Å². The molecule has 23 heavy (non-hydrogen) atoms. The van der Waals surface area contributed by atoms with Gasteiger partial charge in [-0.1, -0.05) is 20.8 Å². The maximum Gasteiger partial charge on any atom is 0.410 e. The van der Waals surface area contributed by atoms with E-state index in [-0.39, 0.29) is 23.3 Å². The molecule has 1 N–H and O–H groups in total. The monoisotopic (exact) mass is 344 g/mol. The van der Waals surface area contributed by atoms with Crippen molar-refractivity contribution < 1.29 is 14.0 Å². The molecule has 5 nitrogen and oxygen atoms in total. The number of ether oxygens (including phenoxy) is 1. The molecule has 1 aliphatic heterocycles. The Morgan fingerprint density at radius 2 is 1.78 bits per heavy atom. The summed E-state index contributed by atoms with van der Waals surface area (Å²) in [7, 11) is -1.87. The van der Waals surface area contributed by atoms with Crippen LogP contribution < -0.4 is 5.32 Å². The van der Waals surface area contributed by atoms with E-state index in [1.165, 1.54) is 0 Å². The molecule has 1 fully saturated rings. The molecule has 0 aromatic rings. The first kappa shape index (κ1) is 20.5. The van der Waals surface area contributed by atoms with Gasteiger partial charge in [0, 0.05) is 19.6 Å². The van der Waals surface area contributed by atoms with Crippen LogP contribution in [0.5, 0.6) is 0 Å². The molecule has 136 valence electrons. The largest absolute Gasteiger partial charge is 0.444 e. The van der Waals surface area contributed by atoms with Gasteiger partial charge in [-0.05, 0) is 45.8 Å². The molecule has 0 aromatic carbocycles. The molecule has 0 radical (unpaired) electrons. The van der Waals surface area contributed by atoms with Gasteiger partial charge in [0.2, 0.25) is 0 Å². The summed E-state index contributed by atoms with van der Waals surface area (Å²) in [5.41, 5.74) is -0.476. The van der Waals surface area contributed by atoms with Crippen LogP contribution in [-0.4, -0.2) is 56.7 Å². The number of hydrogen-bond donors (Lipinski definition) is 1. The van der Waals surface area contributed by atoms with Gasteiger partial charge < -0.3 is 19.4 Å². The Morgan fingerprint density at radius 3 is 2.26 bits per heavy atom. The Balaban J connectivity index is 2.83. The highest BCUT2D eigenvalue weighted by atomic mass is 28.4. The number of nitrogens with zero attached hydrogens (tertiary/aromatic N) is 1. The van der Waals surface area contributed by atoms with E-state index in [2.05, 4.69) is 46.1 Å². The van der Waals surface area contributed by atoms with Gasteiger partial charge in [0.25, 0.3) is 0 Å². The number of rotatable bonds is 3. The maximum atomic E-state index is 12.5. The third-order valence-corrected chi connectivity index (χ3v) is 9.31. The fraction of sp³-hybridized carbons (Fsp3) is 0.941. The lowest BCUT2D eigenvalue weighted by Gasteiger charge is -2.44. The fourth-order valence-corrected chi connectivity index (χ4v) is 3.85. The number of nitrogens with one attached hydrogen (secondary N) is 1. The average molecular weight is 345 g/mol. The van der Waals surface area contributed by atoms with Crippen molar-refractivity contribution in [3.05, 3.63) is 0 Å². The Kier molecular flexibility index (Phi) is 6.32. The van der Waals surface area contributed by atoms with Crippen molar-refractivity contribution in [1.29, 1.82) is 0 Å². The minimum absolute atomic E-state index is 0.00715. The molecular weight excluding hydrogens is 308 g/mol. The topological polar surface area (TPSA) is 50.8 Å². The Labute approximate surface area is 143 Å². The van der Waals surface area contributed by atoms with Crippen LogP contribution in [0, 0.1) is 0 Å². The van der Waals surface area contributed by atoms with Gasteiger partial charge in [0.15, 0.2) is 8.32 Å². The Hall–Kier alpha value is -0.593. The van der Waals surface area contributed by atoms with Crippen molar-refractivity contribution in [3.63, 3.8) is 0 Å². The van der Waals surface area contributed by atoms with Gasteiger partial charge in [-0.3, -0.25) is 0 Å². The summed E-state index contributed by atoms with van der Waals surface area (Å²) in [4.78, 5) is 14.4. The van der Waals surface area contributed by atoms with Gasteiger partial charge in [-0.15, -0.1) is 0 Å². The summed E-state index contributed by atoms with van der Waals surface area (Å²) in [6, 6.07) is 0.00715. The lowest BCUT2D eigenvalue weighted by molar-refractivity contribution is -0.00649. The summed E-state index contributed by atoms with van der Waals surface area (Å²) in [6.45, 7) is 21.2. The highest BCUT2D eigenvalue weighted by Gasteiger charge is 2.42. The van der Waals surface area contributed by atoms with E-state index < -0.39 is 13.9 Å². The molecule has 1 aliphatic rings. The quantitative estimate of drug-likeness (QED) is 0.795. The zero-order valence-corrected chi connectivity index (χ0v) is 17.4. The van der Waals surface area contributed by atoms with Crippen LogP contribution in [0.15, 0.2) is 0 Å². The van der Waals surface area contributed by atoms with Gasteiger partial charge in [-0.2, -0.15) is 0 Å². The predicted octanol–water partition coefficient (Wildman–Crippen LogP) is 3.61. The number of carbonyl (C=O) groups excluding carboxylic acids is 1. The van der Waals surface area contributed by atoms with Crippen molar-refractivity contribution in [1.82, 2.24) is 10.2 Å². The molecule has 1 saturated heterocycles. The second-order valence-corrected chi connectivity index (χ2v) is 13.8. The van der Waals surface area contributed by atoms with Crippen molar-refractivity contribution in [3.8, 4) is 0 Å². The predicted molar refractivity (Wildman–Crippen MR) is 97.3 cm³/mol. The number of amides is 1. The van der Waals surface area contributed by atoms with Crippen molar-refractivity contribution in [2.45, 2.75) is 84.3 Å². The number of piperazine rings is 1. The SMILES string of the molecule is CC(O[Si](C)(C)C(C)(C)C)[C@H]1CNCCN1C(=O)OC(C)(C)C. The highest BCUT2D eigenvalue weighted by molar-refractivity contribution is 6.74. The zero-order valence-electron chi connectivity index (χ0n) is 16.4. The van der Waals surface area contributed by atoms with Gasteiger partial charge in [0.05, 0.1) is 12.1 Å². The normalized spacial score (nSPS) is 22.0. The molecule has 2 atom stereocenters. The molecule has 1 rings (SSSR count). The molecule has 0 aromatic heterocycles. The van der Waals surface area contributed by atoms with Gasteiger partial charge >= 0.3 is 6.09 Å². The molecule has 0 saturated carbocycles. The van der Waals surface area contributed by atoms with E-state index in [9.17, 15) is 4.79 Å². The second kappa shape index (κ2) is 7.11. The van der Waals surface area contributed by atoms with E-state index in [1.807, 2.05) is 25.7 Å². The first-order valence-corrected chi connectivity index (χ1v) is 11.5. The third-order valence-electron chi connectivity index (χ3n) is 4.74. The van der Waals surface area contributed by atoms with E-state index in [0.717, 1.165) is 13.1 Å². The van der Waals surface area contributed by atoms with Crippen molar-refractivity contribution in [2.24, 2.45) is 0 Å². The van der Waals surface area contributed by atoms with Crippen molar-refractivity contribution >= 4 is 14.4 Å². The van der Waals surface area contributed by atoms with Crippen LogP contribution in [0.25, 0.3) is 0 Å². The summed E-state index contributed by atoms with van der Waals surface area (Å²) < 4.78 is 12.1. The van der Waals surface area contributed by atoms with Crippen LogP contribution in [-0.2, 0) is 9.16 Å². The lowest BCUT2D eigenvalue weighted by atomic mass is 10.1. The number of carbonyl (C=O) groups is 1. The molecule has 6 heteroatoms. The Morgan fingerprint density at radius 1 is 1.22 bits per heavy atom. The molecule has 0 bridgehead atoms. The van der Waals surface area contributed by atoms with Crippen LogP contribution in [0.3, 0.4) is 0 Å². The van der Waals surface area contributed by atoms with E-state index >= 15 is 0 Å². The van der Waals surface area contributed by atoms with E-state index in [4.69, 9.17) is 9.16 Å². The van der Waals surface area contributed by atoms with Gasteiger partial charge in [-0.25, -0.2) is 4.79 Å². The number of hydrogen-bond acceptors (Lipinski definition) is 4. The molecule has 1 amide bonds. The van der Waals surface area contributed by atoms with E-state index in [1.54, 1.807) is 0 Å². The van der Waals surface area contributed by atoms with Crippen LogP contribution >= 0.6 is 0 Å². The molecular formula is C17H36N2O3Si. The van der Waals surface area contributed by atoms with Crippen LogP contribution in [0.4, 0.5) is 4.79 Å². The molecule has 1 heterocycles. The zero-order chi connectivity index (χ0) is 18.1. The smallest absolute Gasteiger partial charge is 0.410 e. The minimum atomic E-state index is -1.87. The minimum Gasteiger partial charge on any atom is -0.444 e. The third kappa shape index (κ3) is 5.76. The molecule has 1 unspecified atom stereocenters. The molecule has 0 spiro atoms. The fourth-order valence-electron chi connectivity index (χ4n) is 2.41. The van der Waals surface area contributed by atoms with Crippen LogP contribution in [0.1, 0.15) is 48.5 Å². The standard InChI is InChI=1S/C17H36N2O3Si/c1-13(22-23(8,9)17(5,6)7)14-12-18-10-11-19(14)15(20)21-16(2,3)4/h13-14,18H,10-12H2,1-9H3/t13?,14-/m1/s1. The first-order chi connectivity index (χ1) is 10.2. The summed E-state index contributed by atoms with van der Waals surface area (Å²) in [5, 5.41) is 3.53. The first-order valence-electron chi connectivity index (χ1n) is 8.63. The van der Waals surface area contributed by atoms with E-state index in [0.29, 0.717) is 6.54 Å². The lowest BCUT2D eigenvalue weighted by Crippen LogP contribution is -2.60. The average Bonchev–Trinajstić information content (AvgIpc) is 2.34. The summed E-state index contributed by atoms with van der Waals surface area (Å²) in [5.74, 6) is 0. The maximum absolute atomic E-state index is 12.5.